The van der Waals surface area contributed by atoms with Gasteiger partial charge in [-0.2, -0.15) is 0 Å². The Morgan fingerprint density at radius 1 is 1.32 bits per heavy atom. The number of methoxy groups -OCH3 is 1. The number of nitrogens with zero attached hydrogens (tertiary/aromatic N) is 2. The number of hydrogen-bond acceptors (Lipinski definition) is 4. The predicted octanol–water partition coefficient (Wildman–Crippen LogP) is 3.23. The van der Waals surface area contributed by atoms with E-state index in [0.717, 1.165) is 11.3 Å². The highest BCUT2D eigenvalue weighted by atomic mass is 79.9. The molecule has 0 saturated carbocycles. The van der Waals surface area contributed by atoms with Gasteiger partial charge in [0.1, 0.15) is 11.6 Å². The Morgan fingerprint density at radius 2 is 2.11 bits per heavy atom. The fraction of sp³-hybridized carbons (Fsp3) is 0.231. The largest absolute Gasteiger partial charge is 0.378 e. The second kappa shape index (κ2) is 6.08. The van der Waals surface area contributed by atoms with Crippen LogP contribution in [0.25, 0.3) is 11.4 Å². The number of halogens is 2. The van der Waals surface area contributed by atoms with Gasteiger partial charge in [-0.05, 0) is 34.1 Å². The molecular weight excluding hydrogens is 313 g/mol. The zero-order valence-corrected chi connectivity index (χ0v) is 12.2. The number of nitrogens with one attached hydrogen (secondary N) is 1. The van der Waals surface area contributed by atoms with Gasteiger partial charge >= 0.3 is 0 Å². The van der Waals surface area contributed by atoms with Gasteiger partial charge in [0.15, 0.2) is 5.82 Å². The van der Waals surface area contributed by atoms with E-state index in [9.17, 15) is 4.39 Å². The van der Waals surface area contributed by atoms with E-state index >= 15 is 0 Å². The Kier molecular flexibility index (Phi) is 4.44. The van der Waals surface area contributed by atoms with Crippen molar-refractivity contribution in [2.75, 3.05) is 19.5 Å². The Morgan fingerprint density at radius 3 is 2.74 bits per heavy atom. The number of ether oxygens (including phenoxy) is 1. The molecule has 0 fully saturated rings. The third kappa shape index (κ3) is 3.27. The van der Waals surface area contributed by atoms with Crippen LogP contribution in [0.5, 0.6) is 0 Å². The monoisotopic (exact) mass is 325 g/mol. The summed E-state index contributed by atoms with van der Waals surface area (Å²) in [5.74, 6) is 0.905. The van der Waals surface area contributed by atoms with Crippen molar-refractivity contribution in [2.24, 2.45) is 0 Å². The average molecular weight is 326 g/mol. The quantitative estimate of drug-likeness (QED) is 0.937. The smallest absolute Gasteiger partial charge is 0.161 e. The molecule has 4 nitrogen and oxygen atoms in total. The summed E-state index contributed by atoms with van der Waals surface area (Å²) >= 11 is 3.16. The normalized spacial score (nSPS) is 10.5. The van der Waals surface area contributed by atoms with Gasteiger partial charge in [-0.3, -0.25) is 0 Å². The molecular formula is C13H13BrFN3O. The summed E-state index contributed by atoms with van der Waals surface area (Å²) < 4.78 is 18.7. The molecule has 2 aromatic rings. The molecule has 1 heterocycles. The first-order valence-electron chi connectivity index (χ1n) is 5.64. The Hall–Kier alpha value is -1.53. The number of aromatic nitrogens is 2. The number of benzene rings is 1. The standard InChI is InChI=1S/C13H13BrFN3O/c1-16-12-6-9(7-19-2)17-13(18-12)8-3-4-11(15)10(14)5-8/h3-6H,7H2,1-2H3,(H,16,17,18). The molecule has 0 unspecified atom stereocenters. The third-order valence-electron chi connectivity index (χ3n) is 2.51. The molecule has 1 aromatic heterocycles. The summed E-state index contributed by atoms with van der Waals surface area (Å²) in [6.45, 7) is 0.395. The molecule has 0 aliphatic heterocycles. The minimum absolute atomic E-state index is 0.314. The van der Waals surface area contributed by atoms with E-state index in [0.29, 0.717) is 22.7 Å². The first-order chi connectivity index (χ1) is 9.13. The lowest BCUT2D eigenvalue weighted by molar-refractivity contribution is 0.181. The van der Waals surface area contributed by atoms with E-state index in [1.54, 1.807) is 26.3 Å². The molecule has 2 rings (SSSR count). The molecule has 19 heavy (non-hydrogen) atoms. The Balaban J connectivity index is 2.47. The maximum Gasteiger partial charge on any atom is 0.161 e. The summed E-state index contributed by atoms with van der Waals surface area (Å²) in [6.07, 6.45) is 0. The van der Waals surface area contributed by atoms with Gasteiger partial charge < -0.3 is 10.1 Å². The van der Waals surface area contributed by atoms with Crippen LogP contribution in [0.2, 0.25) is 0 Å². The van der Waals surface area contributed by atoms with E-state index in [4.69, 9.17) is 4.74 Å². The van der Waals surface area contributed by atoms with Crippen molar-refractivity contribution < 1.29 is 9.13 Å². The van der Waals surface area contributed by atoms with Crippen LogP contribution >= 0.6 is 15.9 Å². The molecule has 0 aliphatic rings. The van der Waals surface area contributed by atoms with E-state index in [2.05, 4.69) is 31.2 Å². The van der Waals surface area contributed by atoms with Crippen molar-refractivity contribution in [2.45, 2.75) is 6.61 Å². The summed E-state index contributed by atoms with van der Waals surface area (Å²) in [4.78, 5) is 8.75. The maximum absolute atomic E-state index is 13.2. The van der Waals surface area contributed by atoms with Crippen molar-refractivity contribution in [3.8, 4) is 11.4 Å². The molecule has 6 heteroatoms. The van der Waals surface area contributed by atoms with E-state index in [-0.39, 0.29) is 5.82 Å². The predicted molar refractivity (Wildman–Crippen MR) is 75.4 cm³/mol. The van der Waals surface area contributed by atoms with Crippen molar-refractivity contribution in [1.29, 1.82) is 0 Å². The highest BCUT2D eigenvalue weighted by molar-refractivity contribution is 9.10. The van der Waals surface area contributed by atoms with Gasteiger partial charge in [-0.25, -0.2) is 14.4 Å². The first kappa shape index (κ1) is 13.9. The van der Waals surface area contributed by atoms with Crippen LogP contribution in [-0.2, 0) is 11.3 Å². The molecule has 1 aromatic carbocycles. The lowest BCUT2D eigenvalue weighted by Crippen LogP contribution is -2.02. The zero-order valence-electron chi connectivity index (χ0n) is 10.6. The van der Waals surface area contributed by atoms with Gasteiger partial charge in [0.2, 0.25) is 0 Å². The van der Waals surface area contributed by atoms with Gasteiger partial charge in [0.25, 0.3) is 0 Å². The Bertz CT molecular complexity index is 592. The van der Waals surface area contributed by atoms with E-state index in [1.165, 1.54) is 6.07 Å². The summed E-state index contributed by atoms with van der Waals surface area (Å²) in [7, 11) is 3.39. The number of rotatable bonds is 4. The summed E-state index contributed by atoms with van der Waals surface area (Å²) in [5.41, 5.74) is 1.50. The van der Waals surface area contributed by atoms with Crippen LogP contribution in [0.4, 0.5) is 10.2 Å². The fourth-order valence-electron chi connectivity index (χ4n) is 1.61. The minimum Gasteiger partial charge on any atom is -0.378 e. The fourth-order valence-corrected chi connectivity index (χ4v) is 1.99. The van der Waals surface area contributed by atoms with Crippen molar-refractivity contribution in [3.05, 3.63) is 40.2 Å². The van der Waals surface area contributed by atoms with Gasteiger partial charge in [0.05, 0.1) is 16.8 Å². The van der Waals surface area contributed by atoms with Gasteiger partial charge in [-0.1, -0.05) is 0 Å². The second-order valence-corrected chi connectivity index (χ2v) is 4.73. The number of hydrogen-bond donors (Lipinski definition) is 1. The van der Waals surface area contributed by atoms with E-state index < -0.39 is 0 Å². The molecule has 0 saturated heterocycles. The zero-order chi connectivity index (χ0) is 13.8. The minimum atomic E-state index is -0.314. The van der Waals surface area contributed by atoms with Crippen LogP contribution < -0.4 is 5.32 Å². The van der Waals surface area contributed by atoms with Crippen LogP contribution in [0, 0.1) is 5.82 Å². The van der Waals surface area contributed by atoms with Crippen molar-refractivity contribution >= 4 is 21.7 Å². The van der Waals surface area contributed by atoms with Crippen LogP contribution in [0.1, 0.15) is 5.69 Å². The van der Waals surface area contributed by atoms with Gasteiger partial charge in [0, 0.05) is 25.8 Å². The molecule has 100 valence electrons. The maximum atomic E-state index is 13.2. The second-order valence-electron chi connectivity index (χ2n) is 3.88. The highest BCUT2D eigenvalue weighted by Gasteiger charge is 2.08. The van der Waals surface area contributed by atoms with Crippen LogP contribution in [-0.4, -0.2) is 24.1 Å². The molecule has 0 radical (unpaired) electrons. The van der Waals surface area contributed by atoms with Gasteiger partial charge in [-0.15, -0.1) is 0 Å². The number of anilines is 1. The SMILES string of the molecule is CNc1cc(COC)nc(-c2ccc(F)c(Br)c2)n1. The topological polar surface area (TPSA) is 47.0 Å². The molecule has 0 amide bonds. The lowest BCUT2D eigenvalue weighted by atomic mass is 10.2. The molecule has 0 spiro atoms. The first-order valence-corrected chi connectivity index (χ1v) is 6.43. The Labute approximate surface area is 119 Å². The van der Waals surface area contributed by atoms with Crippen molar-refractivity contribution in [3.63, 3.8) is 0 Å². The molecule has 0 bridgehead atoms. The van der Waals surface area contributed by atoms with Crippen molar-refractivity contribution in [1.82, 2.24) is 9.97 Å². The van der Waals surface area contributed by atoms with Crippen LogP contribution in [0.3, 0.4) is 0 Å². The van der Waals surface area contributed by atoms with E-state index in [1.807, 2.05) is 6.07 Å². The molecule has 1 N–H and O–H groups in total. The average Bonchev–Trinajstić information content (AvgIpc) is 2.42. The highest BCUT2D eigenvalue weighted by Crippen LogP contribution is 2.24. The third-order valence-corrected chi connectivity index (χ3v) is 3.11. The molecule has 0 aliphatic carbocycles. The van der Waals surface area contributed by atoms with Crippen LogP contribution in [0.15, 0.2) is 28.7 Å². The lowest BCUT2D eigenvalue weighted by Gasteiger charge is -2.08. The summed E-state index contributed by atoms with van der Waals surface area (Å²) in [5, 5.41) is 2.97. The molecule has 0 atom stereocenters. The summed E-state index contributed by atoms with van der Waals surface area (Å²) in [6, 6.07) is 6.49.